The van der Waals surface area contributed by atoms with Crippen molar-refractivity contribution < 1.29 is 0 Å². The molecule has 1 aromatic heterocycles. The third kappa shape index (κ3) is 3.48. The molecule has 1 atom stereocenters. The number of rotatable bonds is 5. The maximum atomic E-state index is 4.31. The Morgan fingerprint density at radius 3 is 2.73 bits per heavy atom. The van der Waals surface area contributed by atoms with Crippen LogP contribution in [0.2, 0.25) is 0 Å². The Morgan fingerprint density at radius 2 is 2.27 bits per heavy atom. The van der Waals surface area contributed by atoms with E-state index in [0.717, 1.165) is 18.5 Å². The fraction of sp³-hybridized carbons (Fsp3) is 0.462. The van der Waals surface area contributed by atoms with E-state index in [1.807, 2.05) is 26.2 Å². The van der Waals surface area contributed by atoms with E-state index in [2.05, 4.69) is 29.9 Å². The second-order valence-electron chi connectivity index (χ2n) is 3.88. The Bertz CT molecular complexity index is 314. The van der Waals surface area contributed by atoms with E-state index < -0.39 is 0 Å². The minimum absolute atomic E-state index is 0.338. The second kappa shape index (κ2) is 5.66. The molecular formula is C13H20N2. The van der Waals surface area contributed by atoms with Crippen LogP contribution in [0, 0.1) is 6.92 Å². The maximum Gasteiger partial charge on any atom is 0.0372 e. The largest absolute Gasteiger partial charge is 0.313 e. The molecule has 1 N–H and O–H groups in total. The number of nitrogens with zero attached hydrogens (tertiary/aromatic N) is 1. The van der Waals surface area contributed by atoms with Gasteiger partial charge in [-0.3, -0.25) is 4.98 Å². The molecule has 0 aliphatic rings. The molecule has 0 amide bonds. The van der Waals surface area contributed by atoms with Gasteiger partial charge < -0.3 is 5.32 Å². The van der Waals surface area contributed by atoms with Gasteiger partial charge in [0.25, 0.3) is 0 Å². The lowest BCUT2D eigenvalue weighted by atomic mass is 10.00. The van der Waals surface area contributed by atoms with Gasteiger partial charge >= 0.3 is 0 Å². The van der Waals surface area contributed by atoms with Crippen molar-refractivity contribution in [2.24, 2.45) is 0 Å². The van der Waals surface area contributed by atoms with Gasteiger partial charge in [0.15, 0.2) is 0 Å². The van der Waals surface area contributed by atoms with Crippen molar-refractivity contribution in [1.29, 1.82) is 0 Å². The number of hydrogen-bond donors (Lipinski definition) is 1. The molecule has 0 aliphatic heterocycles. The molecule has 82 valence electrons. The molecule has 15 heavy (non-hydrogen) atoms. The number of pyridine rings is 1. The van der Waals surface area contributed by atoms with E-state index in [0.29, 0.717) is 6.04 Å². The zero-order valence-corrected chi connectivity index (χ0v) is 9.88. The minimum atomic E-state index is 0.338. The zero-order valence-electron chi connectivity index (χ0n) is 9.88. The van der Waals surface area contributed by atoms with Crippen LogP contribution >= 0.6 is 0 Å². The summed E-state index contributed by atoms with van der Waals surface area (Å²) in [6, 6.07) is 4.52. The first-order valence-electron chi connectivity index (χ1n) is 5.43. The van der Waals surface area contributed by atoms with Crippen LogP contribution in [0.1, 0.15) is 37.1 Å². The van der Waals surface area contributed by atoms with Crippen LogP contribution in [-0.4, -0.2) is 12.0 Å². The summed E-state index contributed by atoms with van der Waals surface area (Å²) in [6.45, 7) is 8.19. The average molecular weight is 204 g/mol. The lowest BCUT2D eigenvalue weighted by Crippen LogP contribution is -2.17. The van der Waals surface area contributed by atoms with E-state index in [9.17, 15) is 0 Å². The Hall–Kier alpha value is -1.15. The lowest BCUT2D eigenvalue weighted by molar-refractivity contribution is 0.580. The summed E-state index contributed by atoms with van der Waals surface area (Å²) in [7, 11) is 1.98. The van der Waals surface area contributed by atoms with Gasteiger partial charge in [-0.2, -0.15) is 0 Å². The fourth-order valence-electron chi connectivity index (χ4n) is 1.50. The molecule has 1 heterocycles. The SMILES string of the molecule is C=C(CC)CC(NC)c1ccc(C)nc1. The van der Waals surface area contributed by atoms with E-state index in [1.165, 1.54) is 11.1 Å². The van der Waals surface area contributed by atoms with Gasteiger partial charge in [0.1, 0.15) is 0 Å². The van der Waals surface area contributed by atoms with Crippen LogP contribution in [-0.2, 0) is 0 Å². The van der Waals surface area contributed by atoms with Crippen molar-refractivity contribution in [2.75, 3.05) is 7.05 Å². The summed E-state index contributed by atoms with van der Waals surface area (Å²) in [6.07, 6.45) is 3.97. The molecule has 1 rings (SSSR count). The quantitative estimate of drug-likeness (QED) is 0.746. The predicted octanol–water partition coefficient (Wildman–Crippen LogP) is 3.01. The minimum Gasteiger partial charge on any atom is -0.313 e. The standard InChI is InChI=1S/C13H20N2/c1-5-10(2)8-13(14-4)12-7-6-11(3)15-9-12/h6-7,9,13-14H,2,5,8H2,1,3-4H3. The molecule has 0 spiro atoms. The predicted molar refractivity (Wildman–Crippen MR) is 64.8 cm³/mol. The molecule has 2 nitrogen and oxygen atoms in total. The van der Waals surface area contributed by atoms with E-state index in [1.54, 1.807) is 0 Å². The normalized spacial score (nSPS) is 12.5. The Balaban J connectivity index is 2.74. The molecule has 0 saturated carbocycles. The Labute approximate surface area is 92.4 Å². The molecule has 0 saturated heterocycles. The van der Waals surface area contributed by atoms with Crippen molar-refractivity contribution >= 4 is 0 Å². The highest BCUT2D eigenvalue weighted by molar-refractivity contribution is 5.19. The highest BCUT2D eigenvalue weighted by Crippen LogP contribution is 2.20. The van der Waals surface area contributed by atoms with Crippen LogP contribution in [0.3, 0.4) is 0 Å². The number of hydrogen-bond acceptors (Lipinski definition) is 2. The lowest BCUT2D eigenvalue weighted by Gasteiger charge is -2.17. The van der Waals surface area contributed by atoms with Gasteiger partial charge in [-0.05, 0) is 38.4 Å². The van der Waals surface area contributed by atoms with E-state index >= 15 is 0 Å². The van der Waals surface area contributed by atoms with Crippen LogP contribution in [0.4, 0.5) is 0 Å². The first-order valence-corrected chi connectivity index (χ1v) is 5.43. The van der Waals surface area contributed by atoms with Crippen LogP contribution in [0.5, 0.6) is 0 Å². The first-order chi connectivity index (χ1) is 7.17. The summed E-state index contributed by atoms with van der Waals surface area (Å²) in [4.78, 5) is 4.31. The number of nitrogens with one attached hydrogen (secondary N) is 1. The fourth-order valence-corrected chi connectivity index (χ4v) is 1.50. The van der Waals surface area contributed by atoms with Gasteiger partial charge in [-0.15, -0.1) is 0 Å². The highest BCUT2D eigenvalue weighted by atomic mass is 14.9. The molecule has 0 aromatic carbocycles. The van der Waals surface area contributed by atoms with Gasteiger partial charge in [0.2, 0.25) is 0 Å². The Morgan fingerprint density at radius 1 is 1.53 bits per heavy atom. The molecule has 1 aromatic rings. The molecule has 0 radical (unpaired) electrons. The molecule has 0 bridgehead atoms. The molecule has 0 aliphatic carbocycles. The number of aryl methyl sites for hydroxylation is 1. The van der Waals surface area contributed by atoms with Crippen molar-refractivity contribution in [1.82, 2.24) is 10.3 Å². The van der Waals surface area contributed by atoms with Crippen molar-refractivity contribution in [3.63, 3.8) is 0 Å². The van der Waals surface area contributed by atoms with Crippen molar-refractivity contribution in [2.45, 2.75) is 32.7 Å². The average Bonchev–Trinajstić information content (AvgIpc) is 2.27. The molecule has 0 fully saturated rings. The summed E-state index contributed by atoms with van der Waals surface area (Å²) < 4.78 is 0. The highest BCUT2D eigenvalue weighted by Gasteiger charge is 2.09. The van der Waals surface area contributed by atoms with Crippen molar-refractivity contribution in [3.05, 3.63) is 41.7 Å². The molecule has 1 unspecified atom stereocenters. The third-order valence-electron chi connectivity index (χ3n) is 2.68. The summed E-state index contributed by atoms with van der Waals surface area (Å²) >= 11 is 0. The smallest absolute Gasteiger partial charge is 0.0372 e. The van der Waals surface area contributed by atoms with E-state index in [-0.39, 0.29) is 0 Å². The van der Waals surface area contributed by atoms with Gasteiger partial charge in [-0.25, -0.2) is 0 Å². The third-order valence-corrected chi connectivity index (χ3v) is 2.68. The zero-order chi connectivity index (χ0) is 11.3. The summed E-state index contributed by atoms with van der Waals surface area (Å²) in [5.74, 6) is 0. The van der Waals surface area contributed by atoms with Gasteiger partial charge in [0.05, 0.1) is 0 Å². The Kier molecular flexibility index (Phi) is 4.50. The summed E-state index contributed by atoms with van der Waals surface area (Å²) in [5, 5.41) is 3.30. The monoisotopic (exact) mass is 204 g/mol. The summed E-state index contributed by atoms with van der Waals surface area (Å²) in [5.41, 5.74) is 3.57. The van der Waals surface area contributed by atoms with E-state index in [4.69, 9.17) is 0 Å². The second-order valence-corrected chi connectivity index (χ2v) is 3.88. The van der Waals surface area contributed by atoms with Crippen LogP contribution < -0.4 is 5.32 Å². The van der Waals surface area contributed by atoms with Crippen LogP contribution in [0.25, 0.3) is 0 Å². The number of aromatic nitrogens is 1. The maximum absolute atomic E-state index is 4.31. The van der Waals surface area contributed by atoms with Gasteiger partial charge in [0, 0.05) is 17.9 Å². The topological polar surface area (TPSA) is 24.9 Å². The van der Waals surface area contributed by atoms with Crippen molar-refractivity contribution in [3.8, 4) is 0 Å². The van der Waals surface area contributed by atoms with Gasteiger partial charge in [-0.1, -0.05) is 25.1 Å². The van der Waals surface area contributed by atoms with Crippen LogP contribution in [0.15, 0.2) is 30.5 Å². The molecular weight excluding hydrogens is 184 g/mol. The molecule has 2 heteroatoms. The first kappa shape index (κ1) is 11.9.